The van der Waals surface area contributed by atoms with Crippen molar-refractivity contribution >= 4 is 17.0 Å². The number of hydrogen-bond donors (Lipinski definition) is 0. The molecule has 0 radical (unpaired) electrons. The fraction of sp³-hybridized carbons (Fsp3) is 0.357. The second kappa shape index (κ2) is 5.11. The summed E-state index contributed by atoms with van der Waals surface area (Å²) in [5, 5.41) is 0.619. The molecule has 0 amide bonds. The molecule has 108 valence electrons. The Kier molecular flexibility index (Phi) is 3.65. The van der Waals surface area contributed by atoms with E-state index >= 15 is 0 Å². The highest BCUT2D eigenvalue weighted by molar-refractivity contribution is 5.93. The van der Waals surface area contributed by atoms with Crippen LogP contribution in [-0.2, 0) is 4.74 Å². The summed E-state index contributed by atoms with van der Waals surface area (Å²) in [6.45, 7) is 2.23. The standard InChI is InChI=1S/C14H15F2NO3/c1-14(2,3)20-13(18)17-8-7-9-5-4-6-10(11(9)17)19-12(15)16/h4-8,12H,1-3H3. The predicted molar refractivity (Wildman–Crippen MR) is 70.2 cm³/mol. The summed E-state index contributed by atoms with van der Waals surface area (Å²) in [6.07, 6.45) is 0.828. The monoisotopic (exact) mass is 283 g/mol. The zero-order valence-corrected chi connectivity index (χ0v) is 11.4. The molecule has 1 heterocycles. The van der Waals surface area contributed by atoms with Crippen LogP contribution in [0.25, 0.3) is 10.9 Å². The number of benzene rings is 1. The molecule has 0 aliphatic carbocycles. The van der Waals surface area contributed by atoms with Crippen molar-refractivity contribution < 1.29 is 23.0 Å². The molecule has 4 nitrogen and oxygen atoms in total. The predicted octanol–water partition coefficient (Wildman–Crippen LogP) is 4.03. The highest BCUT2D eigenvalue weighted by atomic mass is 19.3. The van der Waals surface area contributed by atoms with Crippen LogP contribution in [0, 0.1) is 0 Å². The summed E-state index contributed by atoms with van der Waals surface area (Å²) in [5.74, 6) is -0.0617. The first-order valence-electron chi connectivity index (χ1n) is 6.06. The normalized spacial score (nSPS) is 11.9. The average molecular weight is 283 g/mol. The Balaban J connectivity index is 2.46. The first-order chi connectivity index (χ1) is 9.28. The quantitative estimate of drug-likeness (QED) is 0.835. The van der Waals surface area contributed by atoms with Gasteiger partial charge in [-0.3, -0.25) is 0 Å². The van der Waals surface area contributed by atoms with E-state index in [1.807, 2.05) is 0 Å². The minimum absolute atomic E-state index is 0.0617. The number of rotatable bonds is 2. The third kappa shape index (κ3) is 3.07. The maximum absolute atomic E-state index is 12.4. The lowest BCUT2D eigenvalue weighted by Gasteiger charge is -2.20. The van der Waals surface area contributed by atoms with Gasteiger partial charge in [0.05, 0.1) is 0 Å². The van der Waals surface area contributed by atoms with E-state index < -0.39 is 18.3 Å². The van der Waals surface area contributed by atoms with Gasteiger partial charge in [0, 0.05) is 11.6 Å². The van der Waals surface area contributed by atoms with Crippen molar-refractivity contribution in [2.45, 2.75) is 33.0 Å². The Morgan fingerprint density at radius 1 is 1.25 bits per heavy atom. The number of halogens is 2. The van der Waals surface area contributed by atoms with Crippen LogP contribution < -0.4 is 4.74 Å². The van der Waals surface area contributed by atoms with E-state index in [1.165, 1.54) is 12.3 Å². The molecule has 6 heteroatoms. The number of fused-ring (bicyclic) bond motifs is 1. The van der Waals surface area contributed by atoms with Gasteiger partial charge in [0.25, 0.3) is 0 Å². The van der Waals surface area contributed by atoms with Gasteiger partial charge in [-0.05, 0) is 32.9 Å². The lowest BCUT2D eigenvalue weighted by atomic mass is 10.2. The molecule has 0 bridgehead atoms. The van der Waals surface area contributed by atoms with Crippen LogP contribution in [0.15, 0.2) is 30.5 Å². The molecule has 0 fully saturated rings. The Morgan fingerprint density at radius 3 is 2.55 bits per heavy atom. The van der Waals surface area contributed by atoms with Crippen molar-refractivity contribution in [3.8, 4) is 5.75 Å². The summed E-state index contributed by atoms with van der Waals surface area (Å²) >= 11 is 0. The maximum Gasteiger partial charge on any atom is 0.419 e. The van der Waals surface area contributed by atoms with E-state index in [9.17, 15) is 13.6 Å². The Hall–Kier alpha value is -2.11. The van der Waals surface area contributed by atoms with Gasteiger partial charge in [-0.25, -0.2) is 9.36 Å². The number of alkyl halides is 2. The van der Waals surface area contributed by atoms with Crippen LogP contribution in [0.3, 0.4) is 0 Å². The smallest absolute Gasteiger partial charge is 0.419 e. The average Bonchev–Trinajstić information content (AvgIpc) is 2.70. The van der Waals surface area contributed by atoms with Crippen LogP contribution in [0.4, 0.5) is 13.6 Å². The van der Waals surface area contributed by atoms with Gasteiger partial charge < -0.3 is 9.47 Å². The van der Waals surface area contributed by atoms with Crippen molar-refractivity contribution in [2.24, 2.45) is 0 Å². The topological polar surface area (TPSA) is 40.5 Å². The number of nitrogens with zero attached hydrogens (tertiary/aromatic N) is 1. The fourth-order valence-corrected chi connectivity index (χ4v) is 1.82. The number of carbonyl (C=O) groups is 1. The fourth-order valence-electron chi connectivity index (χ4n) is 1.82. The SMILES string of the molecule is CC(C)(C)OC(=O)n1ccc2cccc(OC(F)F)c21. The zero-order chi connectivity index (χ0) is 14.9. The molecule has 0 aliphatic heterocycles. The molecule has 20 heavy (non-hydrogen) atoms. The molecule has 1 aromatic heterocycles. The highest BCUT2D eigenvalue weighted by Crippen LogP contribution is 2.28. The Bertz CT molecular complexity index is 629. The molecule has 0 atom stereocenters. The Labute approximate surface area is 114 Å². The van der Waals surface area contributed by atoms with Gasteiger partial charge in [-0.1, -0.05) is 12.1 Å². The van der Waals surface area contributed by atoms with E-state index in [-0.39, 0.29) is 11.3 Å². The van der Waals surface area contributed by atoms with E-state index in [4.69, 9.17) is 4.74 Å². The molecular formula is C14H15F2NO3. The van der Waals surface area contributed by atoms with Crippen LogP contribution in [0.5, 0.6) is 5.75 Å². The molecule has 0 N–H and O–H groups in total. The van der Waals surface area contributed by atoms with E-state index in [0.29, 0.717) is 5.39 Å². The van der Waals surface area contributed by atoms with Gasteiger partial charge >= 0.3 is 12.7 Å². The first-order valence-corrected chi connectivity index (χ1v) is 6.06. The van der Waals surface area contributed by atoms with Crippen LogP contribution in [-0.4, -0.2) is 22.9 Å². The minimum Gasteiger partial charge on any atom is -0.443 e. The van der Waals surface area contributed by atoms with Gasteiger partial charge in [0.15, 0.2) is 5.75 Å². The second-order valence-electron chi connectivity index (χ2n) is 5.24. The van der Waals surface area contributed by atoms with E-state index in [2.05, 4.69) is 4.74 Å². The Morgan fingerprint density at radius 2 is 1.95 bits per heavy atom. The third-order valence-corrected chi connectivity index (χ3v) is 2.48. The minimum atomic E-state index is -2.96. The van der Waals surface area contributed by atoms with Crippen molar-refractivity contribution in [3.05, 3.63) is 30.5 Å². The van der Waals surface area contributed by atoms with Gasteiger partial charge in [-0.15, -0.1) is 0 Å². The third-order valence-electron chi connectivity index (χ3n) is 2.48. The van der Waals surface area contributed by atoms with Crippen molar-refractivity contribution in [3.63, 3.8) is 0 Å². The van der Waals surface area contributed by atoms with Crippen LogP contribution in [0.2, 0.25) is 0 Å². The lowest BCUT2D eigenvalue weighted by molar-refractivity contribution is -0.0490. The molecule has 0 saturated carbocycles. The molecule has 1 aromatic carbocycles. The zero-order valence-electron chi connectivity index (χ0n) is 11.4. The summed E-state index contributed by atoms with van der Waals surface area (Å²) in [7, 11) is 0. The van der Waals surface area contributed by atoms with E-state index in [1.54, 1.807) is 39.0 Å². The molecule has 0 unspecified atom stereocenters. The summed E-state index contributed by atoms with van der Waals surface area (Å²) in [6, 6.07) is 6.31. The second-order valence-corrected chi connectivity index (χ2v) is 5.24. The van der Waals surface area contributed by atoms with Crippen LogP contribution in [0.1, 0.15) is 20.8 Å². The van der Waals surface area contributed by atoms with E-state index in [0.717, 1.165) is 4.57 Å². The molecule has 2 rings (SSSR count). The molecule has 0 spiro atoms. The van der Waals surface area contributed by atoms with Crippen molar-refractivity contribution in [1.82, 2.24) is 4.57 Å². The highest BCUT2D eigenvalue weighted by Gasteiger charge is 2.21. The van der Waals surface area contributed by atoms with Gasteiger partial charge in [0.2, 0.25) is 0 Å². The first kappa shape index (κ1) is 14.3. The molecule has 0 aliphatic rings. The number of aromatic nitrogens is 1. The maximum atomic E-state index is 12.4. The largest absolute Gasteiger partial charge is 0.443 e. The lowest BCUT2D eigenvalue weighted by Crippen LogP contribution is -2.26. The molecule has 0 saturated heterocycles. The van der Waals surface area contributed by atoms with Crippen molar-refractivity contribution in [1.29, 1.82) is 0 Å². The summed E-state index contributed by atoms with van der Waals surface area (Å²) in [4.78, 5) is 12.1. The number of hydrogen-bond acceptors (Lipinski definition) is 3. The number of ether oxygens (including phenoxy) is 2. The van der Waals surface area contributed by atoms with Gasteiger partial charge in [-0.2, -0.15) is 8.78 Å². The van der Waals surface area contributed by atoms with Crippen LogP contribution >= 0.6 is 0 Å². The summed E-state index contributed by atoms with van der Waals surface area (Å²) < 4.78 is 35.7. The molecule has 2 aromatic rings. The number of carbonyl (C=O) groups excluding carboxylic acids is 1. The van der Waals surface area contributed by atoms with Gasteiger partial charge in [0.1, 0.15) is 11.1 Å². The summed E-state index contributed by atoms with van der Waals surface area (Å²) in [5.41, 5.74) is -0.409. The number of para-hydroxylation sites is 1. The van der Waals surface area contributed by atoms with Crippen molar-refractivity contribution in [2.75, 3.05) is 0 Å². The molecular weight excluding hydrogens is 268 g/mol.